The summed E-state index contributed by atoms with van der Waals surface area (Å²) >= 11 is 0. The van der Waals surface area contributed by atoms with Crippen molar-refractivity contribution in [3.05, 3.63) is 106 Å². The van der Waals surface area contributed by atoms with Crippen LogP contribution in [0.1, 0.15) is 53.3 Å². The van der Waals surface area contributed by atoms with Gasteiger partial charge in [-0.25, -0.2) is 4.79 Å². The Balaban J connectivity index is 1.58. The van der Waals surface area contributed by atoms with Crippen molar-refractivity contribution in [1.29, 1.82) is 0 Å². The molecule has 0 spiro atoms. The molecule has 0 aliphatic carbocycles. The second-order valence-electron chi connectivity index (χ2n) is 8.51. The maximum Gasteiger partial charge on any atom is 0.330 e. The molecule has 1 heterocycles. The Bertz CT molecular complexity index is 1260. The summed E-state index contributed by atoms with van der Waals surface area (Å²) in [5.41, 5.74) is 4.58. The number of esters is 1. The second kappa shape index (κ2) is 9.43. The Labute approximate surface area is 198 Å². The average Bonchev–Trinajstić information content (AvgIpc) is 3.09. The summed E-state index contributed by atoms with van der Waals surface area (Å²) in [5.74, 6) is -2.23. The number of Topliss-reactive ketones (excluding diaryl/α,β-unsaturated/α-hetero) is 1. The minimum atomic E-state index is -1.19. The van der Waals surface area contributed by atoms with Crippen molar-refractivity contribution in [2.24, 2.45) is 0 Å². The van der Waals surface area contributed by atoms with Gasteiger partial charge in [0.15, 0.2) is 6.61 Å². The topological polar surface area (TPSA) is 80.8 Å². The molecule has 6 nitrogen and oxygen atoms in total. The number of benzene rings is 3. The first-order valence-corrected chi connectivity index (χ1v) is 11.1. The predicted octanol–water partition coefficient (Wildman–Crippen LogP) is 4.25. The Morgan fingerprint density at radius 3 is 1.97 bits per heavy atom. The summed E-state index contributed by atoms with van der Waals surface area (Å²) in [4.78, 5) is 53.1. The van der Waals surface area contributed by atoms with E-state index in [4.69, 9.17) is 4.74 Å². The largest absolute Gasteiger partial charge is 0.456 e. The van der Waals surface area contributed by atoms with Crippen molar-refractivity contribution in [2.45, 2.75) is 33.2 Å². The molecule has 6 heteroatoms. The molecule has 1 unspecified atom stereocenters. The number of imide groups is 1. The number of hydrogen-bond acceptors (Lipinski definition) is 5. The second-order valence-corrected chi connectivity index (χ2v) is 8.51. The monoisotopic (exact) mass is 455 g/mol. The van der Waals surface area contributed by atoms with E-state index in [1.807, 2.05) is 57.2 Å². The molecule has 0 N–H and O–H groups in total. The van der Waals surface area contributed by atoms with Crippen LogP contribution in [0.25, 0.3) is 0 Å². The Morgan fingerprint density at radius 1 is 0.794 bits per heavy atom. The maximum atomic E-state index is 13.2. The molecule has 2 amide bonds. The SMILES string of the molecule is Cc1cc(C)c(C(=O)COC(=O)C(Cc2ccccc2)N2C(=O)c3ccccc3C2=O)cc1C. The van der Waals surface area contributed by atoms with Crippen LogP contribution in [0.15, 0.2) is 66.7 Å². The molecule has 0 fully saturated rings. The molecule has 1 aliphatic heterocycles. The lowest BCUT2D eigenvalue weighted by Gasteiger charge is -2.24. The summed E-state index contributed by atoms with van der Waals surface area (Å²) in [5, 5.41) is 0. The lowest BCUT2D eigenvalue weighted by Crippen LogP contribution is -2.47. The minimum Gasteiger partial charge on any atom is -0.456 e. The number of hydrogen-bond donors (Lipinski definition) is 0. The van der Waals surface area contributed by atoms with Crippen LogP contribution in [0, 0.1) is 20.8 Å². The average molecular weight is 456 g/mol. The van der Waals surface area contributed by atoms with Gasteiger partial charge < -0.3 is 4.74 Å². The summed E-state index contributed by atoms with van der Waals surface area (Å²) in [6.07, 6.45) is 0.0853. The zero-order chi connectivity index (χ0) is 24.4. The zero-order valence-electron chi connectivity index (χ0n) is 19.3. The van der Waals surface area contributed by atoms with Crippen LogP contribution in [0.3, 0.4) is 0 Å². The van der Waals surface area contributed by atoms with Gasteiger partial charge in [0.1, 0.15) is 6.04 Å². The first kappa shape index (κ1) is 23.1. The van der Waals surface area contributed by atoms with Crippen LogP contribution in [0.5, 0.6) is 0 Å². The number of carbonyl (C=O) groups excluding carboxylic acids is 4. The van der Waals surface area contributed by atoms with Gasteiger partial charge in [-0.1, -0.05) is 48.5 Å². The van der Waals surface area contributed by atoms with Gasteiger partial charge in [-0.05, 0) is 61.2 Å². The van der Waals surface area contributed by atoms with E-state index in [9.17, 15) is 19.2 Å². The summed E-state index contributed by atoms with van der Waals surface area (Å²) in [6.45, 7) is 5.23. The first-order chi connectivity index (χ1) is 16.3. The van der Waals surface area contributed by atoms with Crippen molar-refractivity contribution < 1.29 is 23.9 Å². The van der Waals surface area contributed by atoms with Crippen LogP contribution in [-0.4, -0.2) is 41.1 Å². The standard InChI is InChI=1S/C28H25NO5/c1-17-13-19(3)23(14-18(17)2)25(30)16-34-28(33)24(15-20-9-5-4-6-10-20)29-26(31)21-11-7-8-12-22(21)27(29)32/h4-14,24H,15-16H2,1-3H3. The van der Waals surface area contributed by atoms with Gasteiger partial charge in [0.25, 0.3) is 11.8 Å². The van der Waals surface area contributed by atoms with E-state index in [0.29, 0.717) is 5.56 Å². The number of ketones is 1. The number of ether oxygens (including phenoxy) is 1. The quantitative estimate of drug-likeness (QED) is 0.302. The Kier molecular flexibility index (Phi) is 6.41. The first-order valence-electron chi connectivity index (χ1n) is 11.1. The number of fused-ring (bicyclic) bond motifs is 1. The van der Waals surface area contributed by atoms with Crippen LogP contribution in [0.4, 0.5) is 0 Å². The fourth-order valence-corrected chi connectivity index (χ4v) is 4.18. The highest BCUT2D eigenvalue weighted by Crippen LogP contribution is 2.26. The third kappa shape index (κ3) is 4.39. The lowest BCUT2D eigenvalue weighted by molar-refractivity contribution is -0.147. The Morgan fingerprint density at radius 2 is 1.35 bits per heavy atom. The normalized spacial score (nSPS) is 13.6. The van der Waals surface area contributed by atoms with Gasteiger partial charge in [0.05, 0.1) is 11.1 Å². The fraction of sp³-hybridized carbons (Fsp3) is 0.214. The van der Waals surface area contributed by atoms with Gasteiger partial charge in [0.2, 0.25) is 5.78 Å². The molecule has 0 saturated carbocycles. The van der Waals surface area contributed by atoms with E-state index in [-0.39, 0.29) is 23.3 Å². The summed E-state index contributed by atoms with van der Waals surface area (Å²) in [6, 6.07) is 18.0. The van der Waals surface area contributed by atoms with Gasteiger partial charge in [-0.15, -0.1) is 0 Å². The van der Waals surface area contributed by atoms with Crippen LogP contribution in [-0.2, 0) is 16.0 Å². The van der Waals surface area contributed by atoms with Crippen LogP contribution >= 0.6 is 0 Å². The van der Waals surface area contributed by atoms with Crippen molar-refractivity contribution >= 4 is 23.6 Å². The molecule has 0 radical (unpaired) electrons. The van der Waals surface area contributed by atoms with E-state index in [1.54, 1.807) is 30.3 Å². The van der Waals surface area contributed by atoms with E-state index in [2.05, 4.69) is 0 Å². The highest BCUT2D eigenvalue weighted by molar-refractivity contribution is 6.22. The molecule has 0 saturated heterocycles. The molecule has 172 valence electrons. The van der Waals surface area contributed by atoms with E-state index in [1.165, 1.54) is 0 Å². The van der Waals surface area contributed by atoms with Crippen LogP contribution < -0.4 is 0 Å². The van der Waals surface area contributed by atoms with Crippen molar-refractivity contribution in [2.75, 3.05) is 6.61 Å². The Hall–Kier alpha value is -4.06. The van der Waals surface area contributed by atoms with Crippen LogP contribution in [0.2, 0.25) is 0 Å². The van der Waals surface area contributed by atoms with Gasteiger partial charge in [0, 0.05) is 12.0 Å². The maximum absolute atomic E-state index is 13.2. The molecule has 3 aromatic carbocycles. The van der Waals surface area contributed by atoms with E-state index in [0.717, 1.165) is 27.2 Å². The molecule has 34 heavy (non-hydrogen) atoms. The molecule has 1 atom stereocenters. The molecule has 0 aromatic heterocycles. The van der Waals surface area contributed by atoms with Gasteiger partial charge in [-0.2, -0.15) is 0 Å². The number of amides is 2. The minimum absolute atomic E-state index is 0.0853. The molecular weight excluding hydrogens is 430 g/mol. The van der Waals surface area contributed by atoms with Crippen molar-refractivity contribution in [1.82, 2.24) is 4.90 Å². The fourth-order valence-electron chi connectivity index (χ4n) is 4.18. The highest BCUT2D eigenvalue weighted by Gasteiger charge is 2.43. The lowest BCUT2D eigenvalue weighted by atomic mass is 9.98. The number of nitrogens with zero attached hydrogens (tertiary/aromatic N) is 1. The number of carbonyl (C=O) groups is 4. The third-order valence-electron chi connectivity index (χ3n) is 6.17. The number of rotatable bonds is 7. The third-order valence-corrected chi connectivity index (χ3v) is 6.17. The molecule has 3 aromatic rings. The van der Waals surface area contributed by atoms with Gasteiger partial charge >= 0.3 is 5.97 Å². The van der Waals surface area contributed by atoms with Gasteiger partial charge in [-0.3, -0.25) is 19.3 Å². The number of aryl methyl sites for hydroxylation is 3. The molecule has 1 aliphatic rings. The predicted molar refractivity (Wildman–Crippen MR) is 127 cm³/mol. The highest BCUT2D eigenvalue weighted by atomic mass is 16.5. The molecule has 0 bridgehead atoms. The smallest absolute Gasteiger partial charge is 0.330 e. The summed E-state index contributed by atoms with van der Waals surface area (Å²) in [7, 11) is 0. The molecular formula is C28H25NO5. The van der Waals surface area contributed by atoms with E-state index >= 15 is 0 Å². The summed E-state index contributed by atoms with van der Waals surface area (Å²) < 4.78 is 5.39. The zero-order valence-corrected chi connectivity index (χ0v) is 19.3. The van der Waals surface area contributed by atoms with Crippen molar-refractivity contribution in [3.63, 3.8) is 0 Å². The van der Waals surface area contributed by atoms with Crippen molar-refractivity contribution in [3.8, 4) is 0 Å². The van der Waals surface area contributed by atoms with E-state index < -0.39 is 30.4 Å². The molecule has 4 rings (SSSR count).